The molecule has 0 aromatic heterocycles. The van der Waals surface area contributed by atoms with E-state index in [0.717, 1.165) is 5.71 Å². The van der Waals surface area contributed by atoms with Gasteiger partial charge in [0.1, 0.15) is 6.10 Å². The fourth-order valence-corrected chi connectivity index (χ4v) is 1.18. The Hall–Kier alpha value is -1.06. The molecule has 0 aromatic carbocycles. The van der Waals surface area contributed by atoms with Crippen LogP contribution >= 0.6 is 0 Å². The predicted molar refractivity (Wildman–Crippen MR) is 48.6 cm³/mol. The maximum absolute atomic E-state index is 10.4. The van der Waals surface area contributed by atoms with E-state index in [2.05, 4.69) is 5.16 Å². The molecule has 4 nitrogen and oxygen atoms in total. The number of oxime groups is 1. The summed E-state index contributed by atoms with van der Waals surface area (Å²) in [6, 6.07) is 0. The molecule has 4 heteroatoms. The van der Waals surface area contributed by atoms with E-state index in [0.29, 0.717) is 6.42 Å². The zero-order chi connectivity index (χ0) is 10.1. The van der Waals surface area contributed by atoms with Crippen molar-refractivity contribution >= 4 is 11.7 Å². The third-order valence-electron chi connectivity index (χ3n) is 2.00. The van der Waals surface area contributed by atoms with Gasteiger partial charge in [-0.1, -0.05) is 25.9 Å². The van der Waals surface area contributed by atoms with Crippen LogP contribution in [-0.2, 0) is 9.63 Å². The summed E-state index contributed by atoms with van der Waals surface area (Å²) in [7, 11) is 0. The lowest BCUT2D eigenvalue weighted by atomic mass is 9.87. The summed E-state index contributed by atoms with van der Waals surface area (Å²) in [5, 5.41) is 12.4. The van der Waals surface area contributed by atoms with E-state index < -0.39 is 5.97 Å². The van der Waals surface area contributed by atoms with Crippen molar-refractivity contribution in [3.8, 4) is 0 Å². The predicted octanol–water partition coefficient (Wildman–Crippen LogP) is 1.65. The normalized spacial score (nSPS) is 22.4. The standard InChI is InChI=1S/C9H15NO3/c1-9(2,3)7-4-6(13-10-7)5-8(11)12/h6H,4-5H2,1-3H3,(H,11,12). The Bertz CT molecular complexity index is 240. The summed E-state index contributed by atoms with van der Waals surface area (Å²) in [6.45, 7) is 6.12. The molecule has 1 atom stereocenters. The van der Waals surface area contributed by atoms with E-state index in [9.17, 15) is 4.79 Å². The second kappa shape index (κ2) is 3.36. The van der Waals surface area contributed by atoms with Crippen molar-refractivity contribution in [1.82, 2.24) is 0 Å². The topological polar surface area (TPSA) is 58.9 Å². The Kier molecular flexibility index (Phi) is 2.59. The highest BCUT2D eigenvalue weighted by Crippen LogP contribution is 2.26. The van der Waals surface area contributed by atoms with Crippen molar-refractivity contribution < 1.29 is 14.7 Å². The van der Waals surface area contributed by atoms with Gasteiger partial charge in [0.05, 0.1) is 12.1 Å². The summed E-state index contributed by atoms with van der Waals surface area (Å²) < 4.78 is 0. The highest BCUT2D eigenvalue weighted by molar-refractivity contribution is 5.90. The summed E-state index contributed by atoms with van der Waals surface area (Å²) in [5.74, 6) is -0.838. The molecular formula is C9H15NO3. The zero-order valence-corrected chi connectivity index (χ0v) is 8.20. The maximum Gasteiger partial charge on any atom is 0.307 e. The third kappa shape index (κ3) is 2.72. The zero-order valence-electron chi connectivity index (χ0n) is 8.20. The Morgan fingerprint density at radius 1 is 1.69 bits per heavy atom. The van der Waals surface area contributed by atoms with Crippen LogP contribution in [0.4, 0.5) is 0 Å². The SMILES string of the molecule is CC(C)(C)C1=NOC(CC(=O)O)C1. The quantitative estimate of drug-likeness (QED) is 0.711. The van der Waals surface area contributed by atoms with Gasteiger partial charge in [-0.15, -0.1) is 0 Å². The molecule has 74 valence electrons. The van der Waals surface area contributed by atoms with Crippen molar-refractivity contribution in [2.45, 2.75) is 39.7 Å². The van der Waals surface area contributed by atoms with Crippen LogP contribution in [0.25, 0.3) is 0 Å². The molecule has 0 fully saturated rings. The lowest BCUT2D eigenvalue weighted by Crippen LogP contribution is -2.21. The summed E-state index contributed by atoms with van der Waals surface area (Å²) >= 11 is 0. The van der Waals surface area contributed by atoms with Gasteiger partial charge in [0.15, 0.2) is 0 Å². The molecule has 1 aliphatic heterocycles. The molecule has 0 aromatic rings. The molecule has 0 aliphatic carbocycles. The molecule has 1 rings (SSSR count). The monoisotopic (exact) mass is 185 g/mol. The van der Waals surface area contributed by atoms with E-state index in [4.69, 9.17) is 9.94 Å². The average molecular weight is 185 g/mol. The van der Waals surface area contributed by atoms with Crippen LogP contribution in [0.5, 0.6) is 0 Å². The minimum Gasteiger partial charge on any atom is -0.481 e. The molecule has 1 aliphatic rings. The number of carbonyl (C=O) groups is 1. The van der Waals surface area contributed by atoms with E-state index in [-0.39, 0.29) is 17.9 Å². The van der Waals surface area contributed by atoms with Gasteiger partial charge in [-0.3, -0.25) is 4.79 Å². The fourth-order valence-electron chi connectivity index (χ4n) is 1.18. The fraction of sp³-hybridized carbons (Fsp3) is 0.778. The van der Waals surface area contributed by atoms with Crippen molar-refractivity contribution in [2.75, 3.05) is 0 Å². The average Bonchev–Trinajstić information content (AvgIpc) is 2.32. The molecule has 0 amide bonds. The molecule has 1 unspecified atom stereocenters. The van der Waals surface area contributed by atoms with Crippen LogP contribution in [0.1, 0.15) is 33.6 Å². The first kappa shape index (κ1) is 10.0. The van der Waals surface area contributed by atoms with E-state index in [1.165, 1.54) is 0 Å². The number of nitrogens with zero attached hydrogens (tertiary/aromatic N) is 1. The van der Waals surface area contributed by atoms with Crippen LogP contribution in [0.2, 0.25) is 0 Å². The minimum absolute atomic E-state index is 0.0206. The van der Waals surface area contributed by atoms with Crippen molar-refractivity contribution in [3.63, 3.8) is 0 Å². The molecule has 0 spiro atoms. The first-order valence-electron chi connectivity index (χ1n) is 4.34. The van der Waals surface area contributed by atoms with Gasteiger partial charge in [-0.05, 0) is 0 Å². The Morgan fingerprint density at radius 3 is 2.69 bits per heavy atom. The van der Waals surface area contributed by atoms with Gasteiger partial charge >= 0.3 is 5.97 Å². The van der Waals surface area contributed by atoms with E-state index >= 15 is 0 Å². The Morgan fingerprint density at radius 2 is 2.31 bits per heavy atom. The van der Waals surface area contributed by atoms with Crippen LogP contribution in [0.15, 0.2) is 5.16 Å². The Balaban J connectivity index is 2.47. The van der Waals surface area contributed by atoms with Crippen LogP contribution in [0.3, 0.4) is 0 Å². The minimum atomic E-state index is -0.838. The summed E-state index contributed by atoms with van der Waals surface area (Å²) in [6.07, 6.45) is 0.394. The number of carboxylic acids is 1. The highest BCUT2D eigenvalue weighted by atomic mass is 16.6. The second-order valence-corrected chi connectivity index (χ2v) is 4.32. The summed E-state index contributed by atoms with van der Waals surface area (Å²) in [4.78, 5) is 15.4. The van der Waals surface area contributed by atoms with E-state index in [1.807, 2.05) is 20.8 Å². The molecular weight excluding hydrogens is 170 g/mol. The van der Waals surface area contributed by atoms with Gasteiger partial charge in [0.25, 0.3) is 0 Å². The smallest absolute Gasteiger partial charge is 0.307 e. The Labute approximate surface area is 77.6 Å². The summed E-state index contributed by atoms with van der Waals surface area (Å²) in [5.41, 5.74) is 0.923. The molecule has 0 bridgehead atoms. The molecule has 13 heavy (non-hydrogen) atoms. The van der Waals surface area contributed by atoms with Gasteiger partial charge < -0.3 is 9.94 Å². The van der Waals surface area contributed by atoms with Crippen LogP contribution in [0, 0.1) is 5.41 Å². The van der Waals surface area contributed by atoms with Crippen molar-refractivity contribution in [2.24, 2.45) is 10.6 Å². The first-order valence-corrected chi connectivity index (χ1v) is 4.34. The van der Waals surface area contributed by atoms with E-state index in [1.54, 1.807) is 0 Å². The lowest BCUT2D eigenvalue weighted by molar-refractivity contribution is -0.139. The van der Waals surface area contributed by atoms with Gasteiger partial charge in [-0.2, -0.15) is 0 Å². The highest BCUT2D eigenvalue weighted by Gasteiger charge is 2.30. The molecule has 0 saturated heterocycles. The number of hydrogen-bond donors (Lipinski definition) is 1. The molecule has 0 radical (unpaired) electrons. The number of hydrogen-bond acceptors (Lipinski definition) is 3. The first-order chi connectivity index (χ1) is 5.89. The number of aliphatic carboxylic acids is 1. The lowest BCUT2D eigenvalue weighted by Gasteiger charge is -2.16. The van der Waals surface area contributed by atoms with Gasteiger partial charge in [-0.25, -0.2) is 0 Å². The second-order valence-electron chi connectivity index (χ2n) is 4.32. The maximum atomic E-state index is 10.4. The van der Waals surface area contributed by atoms with Crippen LogP contribution < -0.4 is 0 Å². The van der Waals surface area contributed by atoms with Gasteiger partial charge in [0.2, 0.25) is 0 Å². The largest absolute Gasteiger partial charge is 0.481 e. The number of rotatable bonds is 2. The van der Waals surface area contributed by atoms with Crippen LogP contribution in [-0.4, -0.2) is 22.9 Å². The molecule has 1 N–H and O–H groups in total. The van der Waals surface area contributed by atoms with Crippen molar-refractivity contribution in [1.29, 1.82) is 0 Å². The van der Waals surface area contributed by atoms with Gasteiger partial charge in [0, 0.05) is 11.8 Å². The van der Waals surface area contributed by atoms with Crippen molar-refractivity contribution in [3.05, 3.63) is 0 Å². The molecule has 0 saturated carbocycles. The number of carboxylic acid groups (broad SMARTS) is 1. The molecule has 1 heterocycles. The third-order valence-corrected chi connectivity index (χ3v) is 2.00.